The van der Waals surface area contributed by atoms with E-state index in [9.17, 15) is 4.79 Å². The highest BCUT2D eigenvalue weighted by atomic mass is 16.5. The topological polar surface area (TPSA) is 67.6 Å². The monoisotopic (exact) mass is 239 g/mol. The van der Waals surface area contributed by atoms with E-state index in [0.29, 0.717) is 25.3 Å². The molecule has 6 nitrogen and oxygen atoms in total. The summed E-state index contributed by atoms with van der Waals surface area (Å²) in [5, 5.41) is 13.1. The van der Waals surface area contributed by atoms with Crippen molar-refractivity contribution in [1.82, 2.24) is 14.7 Å². The lowest BCUT2D eigenvalue weighted by molar-refractivity contribution is -0.0447. The van der Waals surface area contributed by atoms with Gasteiger partial charge in [0.25, 0.3) is 5.91 Å². The normalized spacial score (nSPS) is 20.6. The molecule has 1 atom stereocenters. The molecule has 0 bridgehead atoms. The van der Waals surface area contributed by atoms with Gasteiger partial charge in [-0.3, -0.25) is 9.48 Å². The van der Waals surface area contributed by atoms with Gasteiger partial charge in [0.2, 0.25) is 0 Å². The summed E-state index contributed by atoms with van der Waals surface area (Å²) in [5.41, 5.74) is 1.47. The molecule has 2 heterocycles. The molecule has 0 aromatic carbocycles. The van der Waals surface area contributed by atoms with Crippen molar-refractivity contribution in [2.75, 3.05) is 26.3 Å². The molecule has 1 aliphatic rings. The maximum absolute atomic E-state index is 12.2. The van der Waals surface area contributed by atoms with E-state index >= 15 is 0 Å². The Kier molecular flexibility index (Phi) is 3.44. The maximum Gasteiger partial charge on any atom is 0.257 e. The Bertz CT molecular complexity index is 416. The molecule has 1 saturated heterocycles. The molecular formula is C11H17N3O3. The van der Waals surface area contributed by atoms with Crippen LogP contribution in [-0.2, 0) is 11.8 Å². The molecule has 1 fully saturated rings. The number of nitrogens with zero attached hydrogens (tertiary/aromatic N) is 3. The SMILES string of the molecule is Cc1c(C(=O)N2CCOC(CO)C2)cnn1C. The first-order valence-electron chi connectivity index (χ1n) is 5.63. The Labute approximate surface area is 99.8 Å². The number of aliphatic hydroxyl groups excluding tert-OH is 1. The predicted octanol–water partition coefficient (Wildman–Crippen LogP) is -0.438. The van der Waals surface area contributed by atoms with Crippen LogP contribution in [0, 0.1) is 6.92 Å². The molecule has 1 unspecified atom stereocenters. The van der Waals surface area contributed by atoms with Crippen molar-refractivity contribution in [3.05, 3.63) is 17.5 Å². The zero-order chi connectivity index (χ0) is 12.4. The van der Waals surface area contributed by atoms with Gasteiger partial charge in [-0.15, -0.1) is 0 Å². The molecule has 1 amide bonds. The van der Waals surface area contributed by atoms with E-state index in [1.165, 1.54) is 0 Å². The largest absolute Gasteiger partial charge is 0.394 e. The van der Waals surface area contributed by atoms with Crippen molar-refractivity contribution < 1.29 is 14.6 Å². The van der Waals surface area contributed by atoms with Crippen LogP contribution in [0.1, 0.15) is 16.1 Å². The van der Waals surface area contributed by atoms with Crippen molar-refractivity contribution in [2.24, 2.45) is 7.05 Å². The molecule has 2 rings (SSSR count). The van der Waals surface area contributed by atoms with Gasteiger partial charge in [-0.05, 0) is 6.92 Å². The zero-order valence-electron chi connectivity index (χ0n) is 10.1. The quantitative estimate of drug-likeness (QED) is 0.760. The predicted molar refractivity (Wildman–Crippen MR) is 60.7 cm³/mol. The first-order valence-corrected chi connectivity index (χ1v) is 5.63. The van der Waals surface area contributed by atoms with Crippen molar-refractivity contribution >= 4 is 5.91 Å². The van der Waals surface area contributed by atoms with Gasteiger partial charge in [-0.25, -0.2) is 0 Å². The standard InChI is InChI=1S/C11H17N3O3/c1-8-10(5-12-13(8)2)11(16)14-3-4-17-9(6-14)7-15/h5,9,15H,3-4,6-7H2,1-2H3. The number of aromatic nitrogens is 2. The van der Waals surface area contributed by atoms with Crippen LogP contribution in [0.3, 0.4) is 0 Å². The van der Waals surface area contributed by atoms with E-state index in [4.69, 9.17) is 9.84 Å². The molecule has 0 aliphatic carbocycles. The molecule has 1 aromatic heterocycles. The van der Waals surface area contributed by atoms with Crippen molar-refractivity contribution in [3.63, 3.8) is 0 Å². The minimum Gasteiger partial charge on any atom is -0.394 e. The molecule has 0 radical (unpaired) electrons. The van der Waals surface area contributed by atoms with E-state index < -0.39 is 0 Å². The summed E-state index contributed by atoms with van der Waals surface area (Å²) in [5.74, 6) is -0.0441. The maximum atomic E-state index is 12.2. The molecule has 1 N–H and O–H groups in total. The number of hydrogen-bond acceptors (Lipinski definition) is 4. The molecule has 1 aliphatic heterocycles. The van der Waals surface area contributed by atoms with Crippen LogP contribution >= 0.6 is 0 Å². The van der Waals surface area contributed by atoms with E-state index in [1.54, 1.807) is 15.8 Å². The Hall–Kier alpha value is -1.40. The van der Waals surface area contributed by atoms with E-state index in [2.05, 4.69) is 5.10 Å². The highest BCUT2D eigenvalue weighted by molar-refractivity contribution is 5.95. The summed E-state index contributed by atoms with van der Waals surface area (Å²) in [4.78, 5) is 13.9. The van der Waals surface area contributed by atoms with Crippen LogP contribution in [-0.4, -0.2) is 58.1 Å². The Morgan fingerprint density at radius 2 is 2.47 bits per heavy atom. The molecule has 1 aromatic rings. The summed E-state index contributed by atoms with van der Waals surface area (Å²) < 4.78 is 6.99. The smallest absolute Gasteiger partial charge is 0.257 e. The Morgan fingerprint density at radius 1 is 1.71 bits per heavy atom. The third kappa shape index (κ3) is 2.32. The highest BCUT2D eigenvalue weighted by Crippen LogP contribution is 2.13. The van der Waals surface area contributed by atoms with Crippen LogP contribution in [0.15, 0.2) is 6.20 Å². The summed E-state index contributed by atoms with van der Waals surface area (Å²) in [7, 11) is 1.81. The van der Waals surface area contributed by atoms with Gasteiger partial charge >= 0.3 is 0 Å². The van der Waals surface area contributed by atoms with Crippen LogP contribution in [0.4, 0.5) is 0 Å². The van der Waals surface area contributed by atoms with Gasteiger partial charge in [0.15, 0.2) is 0 Å². The second kappa shape index (κ2) is 4.85. The number of ether oxygens (including phenoxy) is 1. The number of aliphatic hydroxyl groups is 1. The van der Waals surface area contributed by atoms with Crippen molar-refractivity contribution in [1.29, 1.82) is 0 Å². The highest BCUT2D eigenvalue weighted by Gasteiger charge is 2.26. The average Bonchev–Trinajstić information content (AvgIpc) is 2.69. The van der Waals surface area contributed by atoms with Gasteiger partial charge in [0.05, 0.1) is 31.1 Å². The fourth-order valence-electron chi connectivity index (χ4n) is 1.89. The molecule has 94 valence electrons. The summed E-state index contributed by atoms with van der Waals surface area (Å²) in [6.45, 7) is 3.27. The lowest BCUT2D eigenvalue weighted by Gasteiger charge is -2.31. The Morgan fingerprint density at radius 3 is 3.06 bits per heavy atom. The van der Waals surface area contributed by atoms with E-state index in [1.807, 2.05) is 14.0 Å². The first-order chi connectivity index (χ1) is 8.13. The van der Waals surface area contributed by atoms with E-state index in [0.717, 1.165) is 5.69 Å². The summed E-state index contributed by atoms with van der Waals surface area (Å²) in [6, 6.07) is 0. The number of carbonyl (C=O) groups is 1. The number of morpholine rings is 1. The number of aryl methyl sites for hydroxylation is 1. The minimum atomic E-state index is -0.273. The van der Waals surface area contributed by atoms with Crippen molar-refractivity contribution in [2.45, 2.75) is 13.0 Å². The van der Waals surface area contributed by atoms with Crippen LogP contribution in [0.25, 0.3) is 0 Å². The van der Waals surface area contributed by atoms with Gasteiger partial charge in [0, 0.05) is 25.8 Å². The lowest BCUT2D eigenvalue weighted by Crippen LogP contribution is -2.47. The van der Waals surface area contributed by atoms with Crippen molar-refractivity contribution in [3.8, 4) is 0 Å². The summed E-state index contributed by atoms with van der Waals surface area (Å²) >= 11 is 0. The van der Waals surface area contributed by atoms with E-state index in [-0.39, 0.29) is 18.6 Å². The molecule has 0 spiro atoms. The van der Waals surface area contributed by atoms with Crippen LogP contribution < -0.4 is 0 Å². The van der Waals surface area contributed by atoms with Gasteiger partial charge < -0.3 is 14.7 Å². The van der Waals surface area contributed by atoms with Gasteiger partial charge in [-0.1, -0.05) is 0 Å². The molecule has 6 heteroatoms. The van der Waals surface area contributed by atoms with Gasteiger partial charge in [0.1, 0.15) is 0 Å². The molecule has 0 saturated carbocycles. The molecule has 17 heavy (non-hydrogen) atoms. The fourth-order valence-corrected chi connectivity index (χ4v) is 1.89. The second-order valence-corrected chi connectivity index (χ2v) is 4.19. The number of rotatable bonds is 2. The van der Waals surface area contributed by atoms with Gasteiger partial charge in [-0.2, -0.15) is 5.10 Å². The molecular weight excluding hydrogens is 222 g/mol. The zero-order valence-corrected chi connectivity index (χ0v) is 10.1. The number of hydrogen-bond donors (Lipinski definition) is 1. The summed E-state index contributed by atoms with van der Waals surface area (Å²) in [6.07, 6.45) is 1.31. The number of amides is 1. The third-order valence-electron chi connectivity index (χ3n) is 3.10. The fraction of sp³-hybridized carbons (Fsp3) is 0.636. The second-order valence-electron chi connectivity index (χ2n) is 4.19. The minimum absolute atomic E-state index is 0.0441. The Balaban J connectivity index is 2.12. The average molecular weight is 239 g/mol. The first kappa shape index (κ1) is 12.1. The lowest BCUT2D eigenvalue weighted by atomic mass is 10.2. The van der Waals surface area contributed by atoms with Crippen LogP contribution in [0.5, 0.6) is 0 Å². The third-order valence-corrected chi connectivity index (χ3v) is 3.10. The number of carbonyl (C=O) groups excluding carboxylic acids is 1. The van der Waals surface area contributed by atoms with Crippen LogP contribution in [0.2, 0.25) is 0 Å².